The van der Waals surface area contributed by atoms with Gasteiger partial charge in [0.15, 0.2) is 0 Å². The molecule has 0 spiro atoms. The lowest BCUT2D eigenvalue weighted by molar-refractivity contribution is 0.197. The first-order valence-electron chi connectivity index (χ1n) is 6.17. The van der Waals surface area contributed by atoms with Crippen molar-refractivity contribution in [1.82, 2.24) is 5.09 Å². The number of rotatable bonds is 9. The van der Waals surface area contributed by atoms with Gasteiger partial charge in [0.25, 0.3) is 0 Å². The third kappa shape index (κ3) is 13.9. The minimum absolute atomic E-state index is 0.137. The number of hydrogen-bond donors (Lipinski definition) is 1. The van der Waals surface area contributed by atoms with E-state index >= 15 is 0 Å². The Kier molecular flexibility index (Phi) is 10.9. The Bertz CT molecular complexity index is 325. The first kappa shape index (κ1) is 22.9. The van der Waals surface area contributed by atoms with Gasteiger partial charge in [-0.25, -0.2) is 9.65 Å². The van der Waals surface area contributed by atoms with Crippen molar-refractivity contribution in [3.8, 4) is 0 Å². The Morgan fingerprint density at radius 3 is 1.81 bits per heavy atom. The Hall–Kier alpha value is 1.85. The number of hydrogen-bond acceptors (Lipinski definition) is 3. The first-order chi connectivity index (χ1) is 9.37. The summed E-state index contributed by atoms with van der Waals surface area (Å²) in [5.41, 5.74) is 0. The molecule has 1 atom stereocenters. The van der Waals surface area contributed by atoms with Gasteiger partial charge in [-0.1, -0.05) is 89.4 Å². The van der Waals surface area contributed by atoms with Crippen LogP contribution in [0.4, 0.5) is 0 Å². The predicted octanol–water partition coefficient (Wildman–Crippen LogP) is 6.04. The SMILES string of the molecule is CCCCC(C)NP(=O)(OCC(Cl)(Cl)Cl)OCC(Cl)(Cl)Cl. The molecule has 0 aliphatic heterocycles. The van der Waals surface area contributed by atoms with E-state index < -0.39 is 28.5 Å². The molecule has 11 heteroatoms. The fourth-order valence-electron chi connectivity index (χ4n) is 1.27. The van der Waals surface area contributed by atoms with Gasteiger partial charge in [-0.05, 0) is 13.3 Å². The van der Waals surface area contributed by atoms with E-state index in [0.717, 1.165) is 19.3 Å². The second-order valence-electron chi connectivity index (χ2n) is 4.45. The lowest BCUT2D eigenvalue weighted by Gasteiger charge is -2.25. The van der Waals surface area contributed by atoms with Crippen molar-refractivity contribution in [3.05, 3.63) is 0 Å². The molecule has 0 radical (unpaired) electrons. The third-order valence-corrected chi connectivity index (χ3v) is 4.52. The quantitative estimate of drug-likeness (QED) is 0.349. The summed E-state index contributed by atoms with van der Waals surface area (Å²) < 4.78 is 19.3. The summed E-state index contributed by atoms with van der Waals surface area (Å²) in [5.74, 6) is 0. The fourth-order valence-corrected chi connectivity index (χ4v) is 3.68. The number of nitrogens with one attached hydrogen (secondary N) is 1. The highest BCUT2D eigenvalue weighted by atomic mass is 35.6. The van der Waals surface area contributed by atoms with Crippen molar-refractivity contribution in [2.75, 3.05) is 13.2 Å². The maximum Gasteiger partial charge on any atom is 0.406 e. The van der Waals surface area contributed by atoms with Crippen molar-refractivity contribution >= 4 is 77.4 Å². The van der Waals surface area contributed by atoms with E-state index in [1.807, 2.05) is 13.8 Å². The van der Waals surface area contributed by atoms with Crippen LogP contribution in [0.15, 0.2) is 0 Å². The van der Waals surface area contributed by atoms with E-state index in [1.54, 1.807) is 0 Å². The number of alkyl halides is 6. The smallest absolute Gasteiger partial charge is 0.292 e. The van der Waals surface area contributed by atoms with E-state index in [4.69, 9.17) is 78.7 Å². The van der Waals surface area contributed by atoms with Crippen molar-refractivity contribution in [3.63, 3.8) is 0 Å². The minimum Gasteiger partial charge on any atom is -0.292 e. The Morgan fingerprint density at radius 2 is 1.48 bits per heavy atom. The average Bonchev–Trinajstić information content (AvgIpc) is 2.30. The monoisotopic (exact) mass is 441 g/mol. The maximum atomic E-state index is 12.6. The zero-order chi connectivity index (χ0) is 16.7. The maximum absolute atomic E-state index is 12.6. The summed E-state index contributed by atoms with van der Waals surface area (Å²) in [5, 5.41) is 2.73. The van der Waals surface area contributed by atoms with Crippen LogP contribution in [0.3, 0.4) is 0 Å². The minimum atomic E-state index is -3.77. The molecule has 0 aromatic carbocycles. The van der Waals surface area contributed by atoms with E-state index in [1.165, 1.54) is 0 Å². The molecule has 0 saturated heterocycles. The summed E-state index contributed by atoms with van der Waals surface area (Å²) in [7, 11) is -3.77. The summed E-state index contributed by atoms with van der Waals surface area (Å²) in [6.07, 6.45) is 2.72. The van der Waals surface area contributed by atoms with Gasteiger partial charge in [-0.15, -0.1) is 0 Å². The van der Waals surface area contributed by atoms with Gasteiger partial charge in [-0.2, -0.15) is 0 Å². The molecule has 0 aliphatic carbocycles. The predicted molar refractivity (Wildman–Crippen MR) is 92.2 cm³/mol. The van der Waals surface area contributed by atoms with Crippen LogP contribution in [-0.2, 0) is 13.6 Å². The highest BCUT2D eigenvalue weighted by Crippen LogP contribution is 2.48. The van der Waals surface area contributed by atoms with Gasteiger partial charge in [0.05, 0.1) is 0 Å². The van der Waals surface area contributed by atoms with Gasteiger partial charge < -0.3 is 0 Å². The number of halogens is 6. The van der Waals surface area contributed by atoms with E-state index in [-0.39, 0.29) is 6.04 Å². The first-order valence-corrected chi connectivity index (χ1v) is 9.98. The number of unbranched alkanes of at least 4 members (excludes halogenated alkanes) is 1. The second-order valence-corrected chi connectivity index (χ2v) is 11.2. The fraction of sp³-hybridized carbons (Fsp3) is 1.00. The van der Waals surface area contributed by atoms with Crippen molar-refractivity contribution in [2.45, 2.75) is 46.7 Å². The van der Waals surface area contributed by atoms with Crippen LogP contribution in [0.1, 0.15) is 33.1 Å². The molecule has 0 aromatic heterocycles. The second kappa shape index (κ2) is 9.98. The largest absolute Gasteiger partial charge is 0.406 e. The average molecular weight is 444 g/mol. The molecule has 1 unspecified atom stereocenters. The van der Waals surface area contributed by atoms with E-state index in [2.05, 4.69) is 5.09 Å². The standard InChI is InChI=1S/C10H18Cl6NO3P/c1-3-4-5-8(2)17-21(18,19-6-9(11,12)13)20-7-10(14,15)16/h8H,3-7H2,1-2H3,(H,17,18). The summed E-state index contributed by atoms with van der Waals surface area (Å²) in [4.78, 5) is 0. The molecular formula is C10H18Cl6NO3P. The zero-order valence-electron chi connectivity index (χ0n) is 11.6. The van der Waals surface area contributed by atoms with Gasteiger partial charge in [0, 0.05) is 6.04 Å². The molecule has 0 aromatic rings. The van der Waals surface area contributed by atoms with E-state index in [0.29, 0.717) is 0 Å². The summed E-state index contributed by atoms with van der Waals surface area (Å²) in [6, 6.07) is -0.137. The molecule has 21 heavy (non-hydrogen) atoms. The van der Waals surface area contributed by atoms with Gasteiger partial charge >= 0.3 is 7.75 Å². The van der Waals surface area contributed by atoms with Crippen molar-refractivity contribution in [1.29, 1.82) is 0 Å². The van der Waals surface area contributed by atoms with Crippen LogP contribution in [-0.4, -0.2) is 26.8 Å². The molecule has 0 bridgehead atoms. The molecule has 0 rings (SSSR count). The van der Waals surface area contributed by atoms with Crippen LogP contribution in [0.25, 0.3) is 0 Å². The van der Waals surface area contributed by atoms with Crippen LogP contribution in [0.5, 0.6) is 0 Å². The normalized spacial score (nSPS) is 15.2. The van der Waals surface area contributed by atoms with Crippen LogP contribution < -0.4 is 5.09 Å². The Labute approximate surface area is 155 Å². The van der Waals surface area contributed by atoms with Gasteiger partial charge in [0.1, 0.15) is 13.2 Å². The molecule has 4 nitrogen and oxygen atoms in total. The molecule has 0 fully saturated rings. The molecule has 128 valence electrons. The summed E-state index contributed by atoms with van der Waals surface area (Å²) in [6.45, 7) is 3.02. The lowest BCUT2D eigenvalue weighted by atomic mass is 10.2. The van der Waals surface area contributed by atoms with Gasteiger partial charge in [0.2, 0.25) is 7.59 Å². The summed E-state index contributed by atoms with van der Waals surface area (Å²) >= 11 is 33.4. The molecule has 0 heterocycles. The van der Waals surface area contributed by atoms with Crippen LogP contribution in [0, 0.1) is 0 Å². The topological polar surface area (TPSA) is 47.6 Å². The van der Waals surface area contributed by atoms with Crippen molar-refractivity contribution in [2.24, 2.45) is 0 Å². The van der Waals surface area contributed by atoms with Crippen LogP contribution >= 0.6 is 77.4 Å². The Balaban J connectivity index is 4.69. The molecule has 0 saturated carbocycles. The third-order valence-electron chi connectivity index (χ3n) is 2.17. The van der Waals surface area contributed by atoms with Crippen molar-refractivity contribution < 1.29 is 13.6 Å². The van der Waals surface area contributed by atoms with E-state index in [9.17, 15) is 4.57 Å². The van der Waals surface area contributed by atoms with Crippen LogP contribution in [0.2, 0.25) is 0 Å². The Morgan fingerprint density at radius 1 is 1.05 bits per heavy atom. The highest BCUT2D eigenvalue weighted by molar-refractivity contribution is 7.51. The molecule has 0 amide bonds. The lowest BCUT2D eigenvalue weighted by Crippen LogP contribution is -2.28. The highest BCUT2D eigenvalue weighted by Gasteiger charge is 2.34. The molecule has 1 N–H and O–H groups in total. The molecule has 0 aliphatic rings. The molecular weight excluding hydrogens is 426 g/mol. The zero-order valence-corrected chi connectivity index (χ0v) is 17.0. The van der Waals surface area contributed by atoms with Gasteiger partial charge in [-0.3, -0.25) is 9.05 Å².